The number of aromatic carboxylic acids is 1. The third-order valence-corrected chi connectivity index (χ3v) is 2.85. The van der Waals surface area contributed by atoms with Crippen molar-refractivity contribution in [3.63, 3.8) is 0 Å². The predicted molar refractivity (Wildman–Crippen MR) is 78.6 cm³/mol. The molecule has 2 rings (SSSR count). The SMILES string of the molecule is CC(=O)Oc1ccc(C(=O)Nc2ccc(C(=O)O)c([O-])c2)cc1. The van der Waals surface area contributed by atoms with E-state index < -0.39 is 23.6 Å². The summed E-state index contributed by atoms with van der Waals surface area (Å²) in [5.41, 5.74) is 0.110. The van der Waals surface area contributed by atoms with Gasteiger partial charge >= 0.3 is 11.9 Å². The molecule has 0 heterocycles. The van der Waals surface area contributed by atoms with Gasteiger partial charge in [-0.05, 0) is 42.5 Å². The summed E-state index contributed by atoms with van der Waals surface area (Å²) in [6.07, 6.45) is 0. The van der Waals surface area contributed by atoms with E-state index >= 15 is 0 Å². The summed E-state index contributed by atoms with van der Waals surface area (Å²) >= 11 is 0. The highest BCUT2D eigenvalue weighted by Crippen LogP contribution is 2.20. The summed E-state index contributed by atoms with van der Waals surface area (Å²) in [5.74, 6) is -2.67. The lowest BCUT2D eigenvalue weighted by molar-refractivity contribution is -0.268. The van der Waals surface area contributed by atoms with Gasteiger partial charge in [-0.2, -0.15) is 0 Å². The van der Waals surface area contributed by atoms with Gasteiger partial charge in [0.2, 0.25) is 0 Å². The summed E-state index contributed by atoms with van der Waals surface area (Å²) in [4.78, 5) is 33.6. The molecule has 0 radical (unpaired) electrons. The Kier molecular flexibility index (Phi) is 4.61. The average Bonchev–Trinajstić information content (AvgIpc) is 2.47. The van der Waals surface area contributed by atoms with Crippen LogP contribution in [0.1, 0.15) is 27.6 Å². The first-order chi connectivity index (χ1) is 10.9. The average molecular weight is 314 g/mol. The Labute approximate surface area is 131 Å². The number of carbonyl (C=O) groups is 3. The van der Waals surface area contributed by atoms with E-state index in [4.69, 9.17) is 9.84 Å². The van der Waals surface area contributed by atoms with Gasteiger partial charge in [-0.25, -0.2) is 4.79 Å². The normalized spacial score (nSPS) is 9.96. The second kappa shape index (κ2) is 6.61. The summed E-state index contributed by atoms with van der Waals surface area (Å²) < 4.78 is 4.85. The lowest BCUT2D eigenvalue weighted by Crippen LogP contribution is -2.13. The Morgan fingerprint density at radius 1 is 1.09 bits per heavy atom. The number of ether oxygens (including phenoxy) is 1. The number of hydrogen-bond donors (Lipinski definition) is 2. The molecule has 0 saturated heterocycles. The molecule has 0 spiro atoms. The van der Waals surface area contributed by atoms with Crippen LogP contribution in [0.4, 0.5) is 5.69 Å². The molecule has 2 aromatic carbocycles. The molecule has 0 aliphatic heterocycles. The van der Waals surface area contributed by atoms with Crippen LogP contribution in [0.3, 0.4) is 0 Å². The van der Waals surface area contributed by atoms with E-state index in [-0.39, 0.29) is 16.8 Å². The largest absolute Gasteiger partial charge is 0.872 e. The molecule has 7 nitrogen and oxygen atoms in total. The maximum absolute atomic E-state index is 12.0. The Bertz CT molecular complexity index is 767. The molecule has 0 saturated carbocycles. The number of hydrogen-bond acceptors (Lipinski definition) is 5. The number of benzene rings is 2. The number of carboxylic acid groups (broad SMARTS) is 1. The van der Waals surface area contributed by atoms with Crippen molar-refractivity contribution in [3.8, 4) is 11.5 Å². The van der Waals surface area contributed by atoms with Crippen LogP contribution in [0.2, 0.25) is 0 Å². The van der Waals surface area contributed by atoms with E-state index in [1.165, 1.54) is 37.3 Å². The van der Waals surface area contributed by atoms with E-state index in [2.05, 4.69) is 5.32 Å². The minimum Gasteiger partial charge on any atom is -0.872 e. The first-order valence-corrected chi connectivity index (χ1v) is 6.51. The molecule has 2 N–H and O–H groups in total. The summed E-state index contributed by atoms with van der Waals surface area (Å²) in [5, 5.41) is 22.8. The fraction of sp³-hybridized carbons (Fsp3) is 0.0625. The second-order valence-corrected chi connectivity index (χ2v) is 4.59. The molecular formula is C16H12NO6-. The Morgan fingerprint density at radius 3 is 2.26 bits per heavy atom. The van der Waals surface area contributed by atoms with Crippen molar-refractivity contribution in [2.24, 2.45) is 0 Å². The summed E-state index contributed by atoms with van der Waals surface area (Å²) in [6, 6.07) is 9.33. The Balaban J connectivity index is 2.11. The van der Waals surface area contributed by atoms with Crippen molar-refractivity contribution in [2.45, 2.75) is 6.92 Å². The number of carbonyl (C=O) groups excluding carboxylic acids is 2. The third kappa shape index (κ3) is 4.07. The third-order valence-electron chi connectivity index (χ3n) is 2.85. The van der Waals surface area contributed by atoms with Gasteiger partial charge < -0.3 is 20.3 Å². The number of anilines is 1. The fourth-order valence-electron chi connectivity index (χ4n) is 1.82. The first-order valence-electron chi connectivity index (χ1n) is 6.51. The topological polar surface area (TPSA) is 116 Å². The van der Waals surface area contributed by atoms with Gasteiger partial charge in [0.25, 0.3) is 5.91 Å². The molecule has 118 valence electrons. The molecule has 2 aromatic rings. The van der Waals surface area contributed by atoms with Crippen LogP contribution in [0, 0.1) is 0 Å². The Hall–Kier alpha value is -3.35. The zero-order chi connectivity index (χ0) is 17.0. The molecule has 0 atom stereocenters. The van der Waals surface area contributed by atoms with E-state index in [0.717, 1.165) is 12.1 Å². The van der Waals surface area contributed by atoms with Gasteiger partial charge in [0, 0.05) is 18.2 Å². The smallest absolute Gasteiger partial charge is 0.335 e. The highest BCUT2D eigenvalue weighted by molar-refractivity contribution is 6.04. The number of rotatable bonds is 4. The molecule has 7 heteroatoms. The van der Waals surface area contributed by atoms with E-state index in [0.29, 0.717) is 5.75 Å². The zero-order valence-corrected chi connectivity index (χ0v) is 12.0. The number of nitrogens with one attached hydrogen (secondary N) is 1. The van der Waals surface area contributed by atoms with Crippen LogP contribution in [0.5, 0.6) is 11.5 Å². The highest BCUT2D eigenvalue weighted by Gasteiger charge is 2.09. The molecule has 0 aliphatic carbocycles. The summed E-state index contributed by atoms with van der Waals surface area (Å²) in [6.45, 7) is 1.27. The van der Waals surface area contributed by atoms with Crippen LogP contribution in [-0.2, 0) is 4.79 Å². The predicted octanol–water partition coefficient (Wildman–Crippen LogP) is 1.64. The van der Waals surface area contributed by atoms with Gasteiger partial charge in [-0.3, -0.25) is 9.59 Å². The lowest BCUT2D eigenvalue weighted by Gasteiger charge is -2.13. The first kappa shape index (κ1) is 16.0. The van der Waals surface area contributed by atoms with Crippen molar-refractivity contribution in [2.75, 3.05) is 5.32 Å². The number of esters is 1. The quantitative estimate of drug-likeness (QED) is 0.654. The van der Waals surface area contributed by atoms with E-state index in [1.807, 2.05) is 0 Å². The molecule has 0 aromatic heterocycles. The minimum atomic E-state index is -1.33. The minimum absolute atomic E-state index is 0.189. The molecule has 0 fully saturated rings. The summed E-state index contributed by atoms with van der Waals surface area (Å²) in [7, 11) is 0. The lowest BCUT2D eigenvalue weighted by atomic mass is 10.1. The molecule has 0 unspecified atom stereocenters. The van der Waals surface area contributed by atoms with Crippen molar-refractivity contribution in [1.29, 1.82) is 0 Å². The zero-order valence-electron chi connectivity index (χ0n) is 12.0. The molecule has 1 amide bonds. The molecular weight excluding hydrogens is 302 g/mol. The van der Waals surface area contributed by atoms with E-state index in [9.17, 15) is 19.5 Å². The monoisotopic (exact) mass is 314 g/mol. The maximum Gasteiger partial charge on any atom is 0.335 e. The van der Waals surface area contributed by atoms with Crippen LogP contribution < -0.4 is 15.2 Å². The second-order valence-electron chi connectivity index (χ2n) is 4.59. The van der Waals surface area contributed by atoms with Crippen LogP contribution in [0.15, 0.2) is 42.5 Å². The van der Waals surface area contributed by atoms with Crippen molar-refractivity contribution >= 4 is 23.5 Å². The number of carboxylic acids is 1. The van der Waals surface area contributed by atoms with Gasteiger partial charge in [-0.15, -0.1) is 0 Å². The van der Waals surface area contributed by atoms with Crippen LogP contribution in [-0.4, -0.2) is 23.0 Å². The molecule has 23 heavy (non-hydrogen) atoms. The van der Waals surface area contributed by atoms with Gasteiger partial charge in [0.15, 0.2) is 0 Å². The Morgan fingerprint density at radius 2 is 1.74 bits per heavy atom. The van der Waals surface area contributed by atoms with Crippen molar-refractivity contribution < 1.29 is 29.3 Å². The maximum atomic E-state index is 12.0. The van der Waals surface area contributed by atoms with Crippen molar-refractivity contribution in [3.05, 3.63) is 53.6 Å². The van der Waals surface area contributed by atoms with E-state index in [1.54, 1.807) is 0 Å². The highest BCUT2D eigenvalue weighted by atomic mass is 16.5. The molecule has 0 bridgehead atoms. The van der Waals surface area contributed by atoms with Gasteiger partial charge in [-0.1, -0.05) is 5.75 Å². The fourth-order valence-corrected chi connectivity index (χ4v) is 1.82. The van der Waals surface area contributed by atoms with Crippen LogP contribution >= 0.6 is 0 Å². The van der Waals surface area contributed by atoms with Gasteiger partial charge in [0.1, 0.15) is 5.75 Å². The number of amides is 1. The van der Waals surface area contributed by atoms with Crippen molar-refractivity contribution in [1.82, 2.24) is 0 Å². The van der Waals surface area contributed by atoms with Gasteiger partial charge in [0.05, 0.1) is 5.56 Å². The standard InChI is InChI=1S/C16H13NO6/c1-9(18)23-12-5-2-10(3-6-12)15(20)17-11-4-7-13(16(21)22)14(19)8-11/h2-8,19H,1H3,(H,17,20)(H,21,22)/p-1. The van der Waals surface area contributed by atoms with Crippen LogP contribution in [0.25, 0.3) is 0 Å². The molecule has 0 aliphatic rings.